The Balaban J connectivity index is 1.75. The zero-order chi connectivity index (χ0) is 16.6. The minimum absolute atomic E-state index is 0.00331. The van der Waals surface area contributed by atoms with E-state index in [9.17, 15) is 4.79 Å². The lowest BCUT2D eigenvalue weighted by Gasteiger charge is -2.23. The summed E-state index contributed by atoms with van der Waals surface area (Å²) in [5, 5.41) is 11.6. The van der Waals surface area contributed by atoms with Gasteiger partial charge in [-0.05, 0) is 33.1 Å². The molecule has 2 heterocycles. The van der Waals surface area contributed by atoms with E-state index in [1.165, 1.54) is 5.69 Å². The van der Waals surface area contributed by atoms with E-state index in [0.29, 0.717) is 11.6 Å². The molecule has 0 bridgehead atoms. The molecule has 0 aliphatic heterocycles. The molecule has 0 saturated carbocycles. The number of nitrogens with zero attached hydrogens (tertiary/aromatic N) is 4. The van der Waals surface area contributed by atoms with Gasteiger partial charge >= 0.3 is 0 Å². The molecule has 1 N–H and O–H groups in total. The number of rotatable bonds is 4. The van der Waals surface area contributed by atoms with E-state index < -0.39 is 0 Å². The maximum Gasteiger partial charge on any atom is 0.272 e. The first-order valence-electron chi connectivity index (χ1n) is 7.98. The maximum absolute atomic E-state index is 12.5. The first-order chi connectivity index (χ1) is 11.0. The summed E-state index contributed by atoms with van der Waals surface area (Å²) < 4.78 is 9.11. The lowest BCUT2D eigenvalue weighted by molar-refractivity contribution is 0.0927. The van der Waals surface area contributed by atoms with E-state index in [1.807, 2.05) is 31.8 Å². The second-order valence-electron chi connectivity index (χ2n) is 6.25. The number of hydrogen-bond donors (Lipinski definition) is 1. The van der Waals surface area contributed by atoms with Crippen LogP contribution >= 0.6 is 0 Å². The Morgan fingerprint density at radius 3 is 2.91 bits per heavy atom. The Labute approximate surface area is 135 Å². The number of carbonyl (C=O) groups excluding carboxylic acids is 1. The highest BCUT2D eigenvalue weighted by atomic mass is 16.5. The van der Waals surface area contributed by atoms with Crippen molar-refractivity contribution < 1.29 is 9.53 Å². The number of nitrogens with one attached hydrogen (secondary N) is 1. The zero-order valence-corrected chi connectivity index (χ0v) is 14.0. The third-order valence-corrected chi connectivity index (χ3v) is 4.11. The number of carbonyl (C=O) groups is 1. The minimum atomic E-state index is -0.180. The largest absolute Gasteiger partial charge is 0.475 e. The van der Waals surface area contributed by atoms with Crippen LogP contribution in [0.3, 0.4) is 0 Å². The molecule has 2 aromatic heterocycles. The molecule has 23 heavy (non-hydrogen) atoms. The van der Waals surface area contributed by atoms with Crippen molar-refractivity contribution in [1.82, 2.24) is 24.9 Å². The van der Waals surface area contributed by atoms with Gasteiger partial charge in [-0.1, -0.05) is 0 Å². The van der Waals surface area contributed by atoms with E-state index in [0.717, 1.165) is 24.8 Å². The first kappa shape index (κ1) is 15.6. The van der Waals surface area contributed by atoms with Crippen LogP contribution in [0.1, 0.15) is 54.5 Å². The molecule has 3 rings (SSSR count). The van der Waals surface area contributed by atoms with E-state index >= 15 is 0 Å². The van der Waals surface area contributed by atoms with Crippen LogP contribution in [0.2, 0.25) is 0 Å². The molecule has 124 valence electrons. The average molecular weight is 317 g/mol. The van der Waals surface area contributed by atoms with Crippen LogP contribution in [0, 0.1) is 0 Å². The highest BCUT2D eigenvalue weighted by molar-refractivity contribution is 5.92. The number of ether oxygens (including phenoxy) is 1. The topological polar surface area (TPSA) is 74.0 Å². The van der Waals surface area contributed by atoms with Gasteiger partial charge in [0.15, 0.2) is 5.69 Å². The SMILES string of the molecule is CC(C)Oc1cc(C(=O)NC2CCCc3c2cnn3C)nn1C. The second kappa shape index (κ2) is 6.06. The quantitative estimate of drug-likeness (QED) is 0.932. The molecular weight excluding hydrogens is 294 g/mol. The average Bonchev–Trinajstić information content (AvgIpc) is 3.04. The Morgan fingerprint density at radius 2 is 2.17 bits per heavy atom. The van der Waals surface area contributed by atoms with Crippen molar-refractivity contribution in [2.45, 2.75) is 45.3 Å². The summed E-state index contributed by atoms with van der Waals surface area (Å²) in [5.74, 6) is 0.414. The fourth-order valence-electron chi connectivity index (χ4n) is 3.00. The summed E-state index contributed by atoms with van der Waals surface area (Å²) in [7, 11) is 3.71. The summed E-state index contributed by atoms with van der Waals surface area (Å²) in [6.07, 6.45) is 4.87. The van der Waals surface area contributed by atoms with Gasteiger partial charge in [0, 0.05) is 31.4 Å². The van der Waals surface area contributed by atoms with E-state index in [2.05, 4.69) is 15.5 Å². The molecule has 2 aromatic rings. The molecular formula is C16H23N5O2. The lowest BCUT2D eigenvalue weighted by atomic mass is 9.93. The lowest BCUT2D eigenvalue weighted by Crippen LogP contribution is -2.31. The minimum Gasteiger partial charge on any atom is -0.475 e. The number of aromatic nitrogens is 4. The van der Waals surface area contributed by atoms with Crippen LogP contribution in [0.25, 0.3) is 0 Å². The third kappa shape index (κ3) is 3.09. The Bertz CT molecular complexity index is 716. The van der Waals surface area contributed by atoms with Gasteiger partial charge in [-0.2, -0.15) is 10.2 Å². The normalized spacial score (nSPS) is 17.2. The predicted octanol–water partition coefficient (Wildman–Crippen LogP) is 1.75. The molecule has 1 aliphatic rings. The van der Waals surface area contributed by atoms with Crippen molar-refractivity contribution in [2.24, 2.45) is 14.1 Å². The monoisotopic (exact) mass is 317 g/mol. The third-order valence-electron chi connectivity index (χ3n) is 4.11. The number of aryl methyl sites for hydroxylation is 2. The van der Waals surface area contributed by atoms with Crippen molar-refractivity contribution in [3.05, 3.63) is 29.2 Å². The van der Waals surface area contributed by atoms with Gasteiger partial charge in [-0.3, -0.25) is 9.48 Å². The van der Waals surface area contributed by atoms with Crippen LogP contribution in [0.4, 0.5) is 0 Å². The van der Waals surface area contributed by atoms with Gasteiger partial charge in [0.1, 0.15) is 0 Å². The summed E-state index contributed by atoms with van der Waals surface area (Å²) in [4.78, 5) is 12.5. The molecule has 0 saturated heterocycles. The Morgan fingerprint density at radius 1 is 1.39 bits per heavy atom. The molecule has 7 nitrogen and oxygen atoms in total. The van der Waals surface area contributed by atoms with Crippen molar-refractivity contribution in [1.29, 1.82) is 0 Å². The van der Waals surface area contributed by atoms with E-state index in [1.54, 1.807) is 17.8 Å². The van der Waals surface area contributed by atoms with Gasteiger partial charge in [-0.25, -0.2) is 4.68 Å². The van der Waals surface area contributed by atoms with Crippen molar-refractivity contribution >= 4 is 5.91 Å². The molecule has 0 aromatic carbocycles. The fraction of sp³-hybridized carbons (Fsp3) is 0.562. The van der Waals surface area contributed by atoms with E-state index in [-0.39, 0.29) is 18.1 Å². The van der Waals surface area contributed by atoms with E-state index in [4.69, 9.17) is 4.74 Å². The highest BCUT2D eigenvalue weighted by Crippen LogP contribution is 2.29. The van der Waals surface area contributed by atoms with Crippen LogP contribution in [0.5, 0.6) is 5.88 Å². The standard InChI is InChI=1S/C16H23N5O2/c1-10(2)23-15-8-13(19-21(15)4)16(22)18-12-6-5-7-14-11(12)9-17-20(14)3/h8-10,12H,5-7H2,1-4H3,(H,18,22). The Kier molecular flexibility index (Phi) is 4.11. The van der Waals surface area contributed by atoms with Gasteiger partial charge in [-0.15, -0.1) is 0 Å². The molecule has 1 unspecified atom stereocenters. The molecule has 1 amide bonds. The number of fused-ring (bicyclic) bond motifs is 1. The number of amides is 1. The van der Waals surface area contributed by atoms with Gasteiger partial charge in [0.05, 0.1) is 18.3 Å². The van der Waals surface area contributed by atoms with Crippen molar-refractivity contribution in [3.8, 4) is 5.88 Å². The molecule has 1 aliphatic carbocycles. The smallest absolute Gasteiger partial charge is 0.272 e. The first-order valence-corrected chi connectivity index (χ1v) is 7.98. The second-order valence-corrected chi connectivity index (χ2v) is 6.25. The molecule has 0 spiro atoms. The predicted molar refractivity (Wildman–Crippen MR) is 85.3 cm³/mol. The van der Waals surface area contributed by atoms with Crippen LogP contribution in [-0.2, 0) is 20.5 Å². The molecule has 1 atom stereocenters. The van der Waals surface area contributed by atoms with Gasteiger partial charge in [0.25, 0.3) is 5.91 Å². The van der Waals surface area contributed by atoms with Crippen LogP contribution < -0.4 is 10.1 Å². The summed E-state index contributed by atoms with van der Waals surface area (Å²) in [6.45, 7) is 3.89. The van der Waals surface area contributed by atoms with Gasteiger partial charge < -0.3 is 10.1 Å². The summed E-state index contributed by atoms with van der Waals surface area (Å²) in [6, 6.07) is 1.68. The molecule has 7 heteroatoms. The number of hydrogen-bond acceptors (Lipinski definition) is 4. The van der Waals surface area contributed by atoms with Gasteiger partial charge in [0.2, 0.25) is 5.88 Å². The zero-order valence-electron chi connectivity index (χ0n) is 14.0. The molecule has 0 fully saturated rings. The van der Waals surface area contributed by atoms with Crippen molar-refractivity contribution in [3.63, 3.8) is 0 Å². The fourth-order valence-corrected chi connectivity index (χ4v) is 3.00. The van der Waals surface area contributed by atoms with Crippen LogP contribution in [0.15, 0.2) is 12.3 Å². The summed E-state index contributed by atoms with van der Waals surface area (Å²) >= 11 is 0. The van der Waals surface area contributed by atoms with Crippen molar-refractivity contribution in [2.75, 3.05) is 0 Å². The highest BCUT2D eigenvalue weighted by Gasteiger charge is 2.26. The Hall–Kier alpha value is -2.31. The summed E-state index contributed by atoms with van der Waals surface area (Å²) in [5.41, 5.74) is 2.69. The van der Waals surface area contributed by atoms with Crippen LogP contribution in [-0.4, -0.2) is 31.6 Å². The maximum atomic E-state index is 12.5. The molecule has 0 radical (unpaired) electrons.